The van der Waals surface area contributed by atoms with E-state index in [2.05, 4.69) is 26.2 Å². The van der Waals surface area contributed by atoms with Crippen LogP contribution >= 0.6 is 11.6 Å². The van der Waals surface area contributed by atoms with Crippen molar-refractivity contribution in [3.05, 3.63) is 40.7 Å². The van der Waals surface area contributed by atoms with E-state index in [1.807, 2.05) is 38.1 Å². The lowest BCUT2D eigenvalue weighted by molar-refractivity contribution is 0.232. The van der Waals surface area contributed by atoms with Crippen LogP contribution < -0.4 is 10.6 Å². The van der Waals surface area contributed by atoms with Gasteiger partial charge in [-0.05, 0) is 40.8 Å². The molecule has 2 aromatic rings. The number of amides is 2. The molecule has 24 heavy (non-hydrogen) atoms. The summed E-state index contributed by atoms with van der Waals surface area (Å²) in [5.74, 6) is 0.874. The van der Waals surface area contributed by atoms with Crippen molar-refractivity contribution in [2.24, 2.45) is 5.92 Å². The van der Waals surface area contributed by atoms with E-state index in [4.69, 9.17) is 11.6 Å². The van der Waals surface area contributed by atoms with Gasteiger partial charge in [0.25, 0.3) is 0 Å². The van der Waals surface area contributed by atoms with Crippen molar-refractivity contribution in [3.63, 3.8) is 0 Å². The zero-order valence-electron chi connectivity index (χ0n) is 13.7. The lowest BCUT2D eigenvalue weighted by Crippen LogP contribution is -2.40. The lowest BCUT2D eigenvalue weighted by atomic mass is 9.96. The molecule has 1 heterocycles. The van der Waals surface area contributed by atoms with Gasteiger partial charge in [-0.25, -0.2) is 9.48 Å². The number of tetrazole rings is 1. The average Bonchev–Trinajstić information content (AvgIpc) is 3.29. The van der Waals surface area contributed by atoms with Crippen LogP contribution in [-0.4, -0.2) is 26.2 Å². The molecule has 2 amide bonds. The molecule has 1 aromatic heterocycles. The molecule has 2 N–H and O–H groups in total. The Kier molecular flexibility index (Phi) is 4.99. The van der Waals surface area contributed by atoms with E-state index >= 15 is 0 Å². The summed E-state index contributed by atoms with van der Waals surface area (Å²) in [6.07, 6.45) is 2.18. The molecule has 0 saturated heterocycles. The molecule has 3 rings (SSSR count). The van der Waals surface area contributed by atoms with Crippen LogP contribution in [0.5, 0.6) is 0 Å². The quantitative estimate of drug-likeness (QED) is 0.840. The van der Waals surface area contributed by atoms with Crippen molar-refractivity contribution in [2.45, 2.75) is 45.3 Å². The Bertz CT molecular complexity index is 712. The van der Waals surface area contributed by atoms with Gasteiger partial charge in [0.1, 0.15) is 0 Å². The van der Waals surface area contributed by atoms with Crippen LogP contribution in [0.4, 0.5) is 4.79 Å². The fraction of sp³-hybridized carbons (Fsp3) is 0.500. The predicted molar refractivity (Wildman–Crippen MR) is 90.5 cm³/mol. The zero-order chi connectivity index (χ0) is 17.1. The number of nitrogens with zero attached hydrogens (tertiary/aromatic N) is 4. The SMILES string of the molecule is CC(C)C(NC(=O)NCc1nnnn1C1CC1)c1ccccc1Cl. The van der Waals surface area contributed by atoms with Crippen LogP contribution in [0.2, 0.25) is 5.02 Å². The fourth-order valence-corrected chi connectivity index (χ4v) is 2.87. The molecular weight excluding hydrogens is 328 g/mol. The molecule has 0 bridgehead atoms. The minimum Gasteiger partial charge on any atom is -0.331 e. The van der Waals surface area contributed by atoms with Gasteiger partial charge < -0.3 is 10.6 Å². The molecule has 1 saturated carbocycles. The maximum atomic E-state index is 12.3. The molecule has 1 fully saturated rings. The predicted octanol–water partition coefficient (Wildman–Crippen LogP) is 2.86. The van der Waals surface area contributed by atoms with Crippen molar-refractivity contribution in [1.82, 2.24) is 30.8 Å². The number of aromatic nitrogens is 4. The van der Waals surface area contributed by atoms with Crippen molar-refractivity contribution in [2.75, 3.05) is 0 Å². The van der Waals surface area contributed by atoms with Crippen LogP contribution in [0.3, 0.4) is 0 Å². The smallest absolute Gasteiger partial charge is 0.315 e. The van der Waals surface area contributed by atoms with Gasteiger partial charge in [0, 0.05) is 5.02 Å². The standard InChI is InChI=1S/C16H21ClN6O/c1-10(2)15(12-5-3-4-6-13(12)17)19-16(24)18-9-14-20-21-22-23(14)11-7-8-11/h3-6,10-11,15H,7-9H2,1-2H3,(H2,18,19,24). The molecular formula is C16H21ClN6O. The highest BCUT2D eigenvalue weighted by molar-refractivity contribution is 6.31. The Hall–Kier alpha value is -2.15. The summed E-state index contributed by atoms with van der Waals surface area (Å²) in [5.41, 5.74) is 0.909. The molecule has 0 spiro atoms. The molecule has 1 aromatic carbocycles. The van der Waals surface area contributed by atoms with Crippen LogP contribution in [0.1, 0.15) is 50.2 Å². The second-order valence-electron chi connectivity index (χ2n) is 6.34. The van der Waals surface area contributed by atoms with Crippen LogP contribution in [0.15, 0.2) is 24.3 Å². The number of hydrogen-bond donors (Lipinski definition) is 2. The highest BCUT2D eigenvalue weighted by Crippen LogP contribution is 2.34. The molecule has 1 aliphatic rings. The zero-order valence-corrected chi connectivity index (χ0v) is 14.5. The summed E-state index contributed by atoms with van der Waals surface area (Å²) in [6, 6.07) is 7.50. The summed E-state index contributed by atoms with van der Waals surface area (Å²) >= 11 is 6.27. The number of halogens is 1. The first kappa shape index (κ1) is 16.7. The molecule has 7 nitrogen and oxygen atoms in total. The first-order valence-electron chi connectivity index (χ1n) is 8.11. The van der Waals surface area contributed by atoms with Crippen molar-refractivity contribution in [3.8, 4) is 0 Å². The van der Waals surface area contributed by atoms with Gasteiger partial charge in [-0.3, -0.25) is 0 Å². The lowest BCUT2D eigenvalue weighted by Gasteiger charge is -2.24. The highest BCUT2D eigenvalue weighted by Gasteiger charge is 2.28. The van der Waals surface area contributed by atoms with Crippen molar-refractivity contribution in [1.29, 1.82) is 0 Å². The number of carbonyl (C=O) groups is 1. The molecule has 128 valence electrons. The molecule has 1 atom stereocenters. The van der Waals surface area contributed by atoms with E-state index in [0.717, 1.165) is 18.4 Å². The number of carbonyl (C=O) groups excluding carboxylic acids is 1. The minimum absolute atomic E-state index is 0.168. The van der Waals surface area contributed by atoms with Gasteiger partial charge in [-0.15, -0.1) is 5.10 Å². The summed E-state index contributed by atoms with van der Waals surface area (Å²) in [7, 11) is 0. The van der Waals surface area contributed by atoms with E-state index in [9.17, 15) is 4.79 Å². The van der Waals surface area contributed by atoms with E-state index < -0.39 is 0 Å². The van der Waals surface area contributed by atoms with Gasteiger partial charge in [-0.1, -0.05) is 43.6 Å². The first-order valence-corrected chi connectivity index (χ1v) is 8.49. The summed E-state index contributed by atoms with van der Waals surface area (Å²) in [5, 5.41) is 18.1. The third-order valence-electron chi connectivity index (χ3n) is 4.05. The molecule has 1 unspecified atom stereocenters. The third-order valence-corrected chi connectivity index (χ3v) is 4.40. The largest absolute Gasteiger partial charge is 0.331 e. The Morgan fingerprint density at radius 3 is 2.79 bits per heavy atom. The Morgan fingerprint density at radius 1 is 1.38 bits per heavy atom. The van der Waals surface area contributed by atoms with Gasteiger partial charge in [-0.2, -0.15) is 0 Å². The van der Waals surface area contributed by atoms with E-state index in [1.54, 1.807) is 4.68 Å². The van der Waals surface area contributed by atoms with Crippen LogP contribution in [0, 0.1) is 5.92 Å². The fourth-order valence-electron chi connectivity index (χ4n) is 2.61. The van der Waals surface area contributed by atoms with Gasteiger partial charge >= 0.3 is 6.03 Å². The van der Waals surface area contributed by atoms with Crippen LogP contribution in [0.25, 0.3) is 0 Å². The van der Waals surface area contributed by atoms with E-state index in [0.29, 0.717) is 23.4 Å². The Morgan fingerprint density at radius 2 is 2.12 bits per heavy atom. The van der Waals surface area contributed by atoms with Gasteiger partial charge in [0.15, 0.2) is 5.82 Å². The number of urea groups is 1. The summed E-state index contributed by atoms with van der Waals surface area (Å²) in [4.78, 5) is 12.3. The maximum absolute atomic E-state index is 12.3. The van der Waals surface area contributed by atoms with Crippen molar-refractivity contribution >= 4 is 17.6 Å². The number of hydrogen-bond acceptors (Lipinski definition) is 4. The second-order valence-corrected chi connectivity index (χ2v) is 6.75. The molecule has 1 aliphatic carbocycles. The van der Waals surface area contributed by atoms with E-state index in [-0.39, 0.29) is 18.0 Å². The monoisotopic (exact) mass is 348 g/mol. The van der Waals surface area contributed by atoms with Crippen LogP contribution in [-0.2, 0) is 6.54 Å². The average molecular weight is 349 g/mol. The molecule has 8 heteroatoms. The normalized spacial score (nSPS) is 15.3. The third kappa shape index (κ3) is 3.84. The Labute approximate surface area is 145 Å². The molecule has 0 radical (unpaired) electrons. The summed E-state index contributed by atoms with van der Waals surface area (Å²) in [6.45, 7) is 4.38. The molecule has 0 aliphatic heterocycles. The minimum atomic E-state index is -0.265. The van der Waals surface area contributed by atoms with Crippen molar-refractivity contribution < 1.29 is 4.79 Å². The first-order chi connectivity index (χ1) is 11.6. The topological polar surface area (TPSA) is 84.7 Å². The number of benzene rings is 1. The number of nitrogens with one attached hydrogen (secondary N) is 2. The second kappa shape index (κ2) is 7.17. The number of rotatable bonds is 6. The summed E-state index contributed by atoms with van der Waals surface area (Å²) < 4.78 is 1.79. The van der Waals surface area contributed by atoms with Gasteiger partial charge in [0.05, 0.1) is 18.6 Å². The highest BCUT2D eigenvalue weighted by atomic mass is 35.5. The maximum Gasteiger partial charge on any atom is 0.315 e. The Balaban J connectivity index is 1.62. The van der Waals surface area contributed by atoms with Gasteiger partial charge in [0.2, 0.25) is 0 Å². The van der Waals surface area contributed by atoms with E-state index in [1.165, 1.54) is 0 Å².